The zero-order valence-corrected chi connectivity index (χ0v) is 7.70. The Kier molecular flexibility index (Phi) is 5.06. The minimum atomic E-state index is 0. The lowest BCUT2D eigenvalue weighted by Gasteiger charge is -2.34. The molecule has 1 saturated carbocycles. The van der Waals surface area contributed by atoms with Crippen LogP contribution in [-0.2, 0) is 0 Å². The predicted octanol–water partition coefficient (Wildman–Crippen LogP) is 1.31. The van der Waals surface area contributed by atoms with Crippen LogP contribution in [0.4, 0.5) is 0 Å². The van der Waals surface area contributed by atoms with Crippen LogP contribution in [-0.4, -0.2) is 18.3 Å². The first-order chi connectivity index (χ1) is 4.83. The second-order valence-corrected chi connectivity index (χ2v) is 3.42. The SMILES string of the molecule is Cl.NCC1(CO)CCCCC1. The maximum absolute atomic E-state index is 9.06. The molecule has 0 saturated heterocycles. The molecule has 0 atom stereocenters. The lowest BCUT2D eigenvalue weighted by molar-refractivity contribution is 0.0903. The minimum absolute atomic E-state index is 0. The number of nitrogens with two attached hydrogens (primary N) is 1. The van der Waals surface area contributed by atoms with Gasteiger partial charge in [-0.15, -0.1) is 12.4 Å². The zero-order chi connectivity index (χ0) is 7.45. The van der Waals surface area contributed by atoms with E-state index in [1.54, 1.807) is 0 Å². The summed E-state index contributed by atoms with van der Waals surface area (Å²) < 4.78 is 0. The van der Waals surface area contributed by atoms with Crippen molar-refractivity contribution in [3.63, 3.8) is 0 Å². The molecule has 0 unspecified atom stereocenters. The topological polar surface area (TPSA) is 46.2 Å². The Morgan fingerprint density at radius 1 is 1.18 bits per heavy atom. The molecule has 3 N–H and O–H groups in total. The normalized spacial score (nSPS) is 22.4. The van der Waals surface area contributed by atoms with Gasteiger partial charge in [-0.25, -0.2) is 0 Å². The molecule has 11 heavy (non-hydrogen) atoms. The summed E-state index contributed by atoms with van der Waals surface area (Å²) in [5.41, 5.74) is 5.68. The molecule has 0 aromatic rings. The van der Waals surface area contributed by atoms with Crippen LogP contribution < -0.4 is 5.73 Å². The molecule has 0 spiro atoms. The van der Waals surface area contributed by atoms with Crippen molar-refractivity contribution in [1.29, 1.82) is 0 Å². The molecule has 0 heterocycles. The van der Waals surface area contributed by atoms with Crippen molar-refractivity contribution >= 4 is 12.4 Å². The van der Waals surface area contributed by atoms with E-state index in [4.69, 9.17) is 10.8 Å². The molecular weight excluding hydrogens is 162 g/mol. The summed E-state index contributed by atoms with van der Waals surface area (Å²) in [7, 11) is 0. The molecule has 1 aliphatic carbocycles. The first-order valence-corrected chi connectivity index (χ1v) is 4.14. The standard InChI is InChI=1S/C8H17NO.ClH/c9-6-8(7-10)4-2-1-3-5-8;/h10H,1-7,9H2;1H. The molecule has 0 bridgehead atoms. The number of halogens is 1. The molecule has 0 aliphatic heterocycles. The first-order valence-electron chi connectivity index (χ1n) is 4.14. The molecule has 0 aromatic heterocycles. The fourth-order valence-electron chi connectivity index (χ4n) is 1.73. The average Bonchev–Trinajstić information content (AvgIpc) is 2.06. The molecule has 1 aliphatic rings. The van der Waals surface area contributed by atoms with E-state index >= 15 is 0 Å². The third-order valence-electron chi connectivity index (χ3n) is 2.68. The quantitative estimate of drug-likeness (QED) is 0.672. The number of hydrogen-bond donors (Lipinski definition) is 2. The number of hydrogen-bond acceptors (Lipinski definition) is 2. The van der Waals surface area contributed by atoms with Gasteiger partial charge in [-0.1, -0.05) is 19.3 Å². The van der Waals surface area contributed by atoms with Crippen LogP contribution in [0.2, 0.25) is 0 Å². The van der Waals surface area contributed by atoms with Crippen molar-refractivity contribution in [3.8, 4) is 0 Å². The predicted molar refractivity (Wildman–Crippen MR) is 48.9 cm³/mol. The number of aliphatic hydroxyl groups is 1. The summed E-state index contributed by atoms with van der Waals surface area (Å²) in [6.45, 7) is 0.938. The van der Waals surface area contributed by atoms with Gasteiger partial charge in [0.2, 0.25) is 0 Å². The van der Waals surface area contributed by atoms with Crippen molar-refractivity contribution in [2.75, 3.05) is 13.2 Å². The van der Waals surface area contributed by atoms with Crippen LogP contribution in [0, 0.1) is 5.41 Å². The molecule has 2 nitrogen and oxygen atoms in total. The van der Waals surface area contributed by atoms with Gasteiger partial charge >= 0.3 is 0 Å². The smallest absolute Gasteiger partial charge is 0.0499 e. The molecule has 3 heteroatoms. The van der Waals surface area contributed by atoms with Crippen LogP contribution in [0.25, 0.3) is 0 Å². The van der Waals surface area contributed by atoms with Crippen molar-refractivity contribution < 1.29 is 5.11 Å². The summed E-state index contributed by atoms with van der Waals surface area (Å²) in [6.07, 6.45) is 6.07. The van der Waals surface area contributed by atoms with Gasteiger partial charge in [0, 0.05) is 18.6 Å². The third kappa shape index (κ3) is 2.62. The van der Waals surface area contributed by atoms with E-state index < -0.39 is 0 Å². The van der Waals surface area contributed by atoms with Gasteiger partial charge in [-0.3, -0.25) is 0 Å². The second-order valence-electron chi connectivity index (χ2n) is 3.42. The highest BCUT2D eigenvalue weighted by atomic mass is 35.5. The Bertz CT molecular complexity index is 96.3. The summed E-state index contributed by atoms with van der Waals surface area (Å²) in [5, 5.41) is 9.06. The van der Waals surface area contributed by atoms with Gasteiger partial charge in [0.05, 0.1) is 0 Å². The van der Waals surface area contributed by atoms with Gasteiger partial charge in [0.25, 0.3) is 0 Å². The highest BCUT2D eigenvalue weighted by Gasteiger charge is 2.29. The van der Waals surface area contributed by atoms with E-state index in [1.807, 2.05) is 0 Å². The van der Waals surface area contributed by atoms with Gasteiger partial charge in [0.15, 0.2) is 0 Å². The van der Waals surface area contributed by atoms with Crippen LogP contribution in [0.5, 0.6) is 0 Å². The Labute approximate surface area is 74.6 Å². The first kappa shape index (κ1) is 11.2. The maximum atomic E-state index is 9.06. The Balaban J connectivity index is 0.000001000. The maximum Gasteiger partial charge on any atom is 0.0499 e. The van der Waals surface area contributed by atoms with E-state index in [0.717, 1.165) is 12.8 Å². The molecule has 0 amide bonds. The Hall–Kier alpha value is 0.210. The highest BCUT2D eigenvalue weighted by molar-refractivity contribution is 5.85. The van der Waals surface area contributed by atoms with Crippen molar-refractivity contribution in [1.82, 2.24) is 0 Å². The third-order valence-corrected chi connectivity index (χ3v) is 2.68. The number of aliphatic hydroxyl groups excluding tert-OH is 1. The van der Waals surface area contributed by atoms with Gasteiger partial charge in [-0.05, 0) is 12.8 Å². The summed E-state index contributed by atoms with van der Waals surface area (Å²) >= 11 is 0. The Morgan fingerprint density at radius 3 is 2.00 bits per heavy atom. The van der Waals surface area contributed by atoms with Gasteiger partial charge < -0.3 is 10.8 Å². The van der Waals surface area contributed by atoms with E-state index in [0.29, 0.717) is 6.54 Å². The lowest BCUT2D eigenvalue weighted by Crippen LogP contribution is -2.36. The molecule has 1 rings (SSSR count). The van der Waals surface area contributed by atoms with Crippen molar-refractivity contribution in [3.05, 3.63) is 0 Å². The molecule has 0 aromatic carbocycles. The monoisotopic (exact) mass is 179 g/mol. The minimum Gasteiger partial charge on any atom is -0.396 e. The fourth-order valence-corrected chi connectivity index (χ4v) is 1.73. The van der Waals surface area contributed by atoms with E-state index in [2.05, 4.69) is 0 Å². The summed E-state index contributed by atoms with van der Waals surface area (Å²) in [5.74, 6) is 0. The summed E-state index contributed by atoms with van der Waals surface area (Å²) in [6, 6.07) is 0. The van der Waals surface area contributed by atoms with Crippen molar-refractivity contribution in [2.45, 2.75) is 32.1 Å². The zero-order valence-electron chi connectivity index (χ0n) is 6.88. The van der Waals surface area contributed by atoms with Crippen LogP contribution in [0.1, 0.15) is 32.1 Å². The highest BCUT2D eigenvalue weighted by Crippen LogP contribution is 2.34. The Morgan fingerprint density at radius 2 is 1.73 bits per heavy atom. The number of rotatable bonds is 2. The van der Waals surface area contributed by atoms with Crippen molar-refractivity contribution in [2.24, 2.45) is 11.1 Å². The second kappa shape index (κ2) is 4.96. The summed E-state index contributed by atoms with van der Waals surface area (Å²) in [4.78, 5) is 0. The lowest BCUT2D eigenvalue weighted by atomic mass is 9.75. The molecule has 0 radical (unpaired) electrons. The van der Waals surface area contributed by atoms with E-state index in [9.17, 15) is 0 Å². The fraction of sp³-hybridized carbons (Fsp3) is 1.00. The van der Waals surface area contributed by atoms with E-state index in [1.165, 1.54) is 19.3 Å². The van der Waals surface area contributed by atoms with Crippen LogP contribution >= 0.6 is 12.4 Å². The van der Waals surface area contributed by atoms with Gasteiger partial charge in [0.1, 0.15) is 0 Å². The average molecular weight is 180 g/mol. The molecule has 1 fully saturated rings. The van der Waals surface area contributed by atoms with E-state index in [-0.39, 0.29) is 24.4 Å². The largest absolute Gasteiger partial charge is 0.396 e. The van der Waals surface area contributed by atoms with Gasteiger partial charge in [-0.2, -0.15) is 0 Å². The van der Waals surface area contributed by atoms with Crippen LogP contribution in [0.3, 0.4) is 0 Å². The molecular formula is C8H18ClNO. The molecule has 68 valence electrons. The van der Waals surface area contributed by atoms with Crippen LogP contribution in [0.15, 0.2) is 0 Å².